The molecule has 2 aromatic heterocycles. The molecule has 1 saturated heterocycles. The molecular weight excluding hydrogens is 322 g/mol. The van der Waals surface area contributed by atoms with E-state index in [1.54, 1.807) is 0 Å². The summed E-state index contributed by atoms with van der Waals surface area (Å²) in [5, 5.41) is 17.1. The smallest absolute Gasteiger partial charge is 0.330 e. The molecule has 0 spiro atoms. The summed E-state index contributed by atoms with van der Waals surface area (Å²) in [6.45, 7) is -0.213. The van der Waals surface area contributed by atoms with Crippen molar-refractivity contribution in [1.29, 1.82) is 0 Å². The Hall–Kier alpha value is -2.79. The summed E-state index contributed by atoms with van der Waals surface area (Å²) in [7, 11) is 0. The molecule has 0 bridgehead atoms. The Morgan fingerprint density at radius 2 is 2.17 bits per heavy atom. The molecule has 128 valence electrons. The average molecular weight is 337 g/mol. The average Bonchev–Trinajstić information content (AvgIpc) is 3.15. The second-order valence-electron chi connectivity index (χ2n) is 5.27. The molecule has 11 heteroatoms. The summed E-state index contributed by atoms with van der Waals surface area (Å²) in [5.41, 5.74) is -1.15. The van der Waals surface area contributed by atoms with Gasteiger partial charge in [0.15, 0.2) is 0 Å². The van der Waals surface area contributed by atoms with Crippen molar-refractivity contribution in [2.45, 2.75) is 31.4 Å². The number of ether oxygens (including phenoxy) is 2. The van der Waals surface area contributed by atoms with Gasteiger partial charge in [0.25, 0.3) is 5.56 Å². The van der Waals surface area contributed by atoms with Crippen molar-refractivity contribution >= 4 is 5.97 Å². The van der Waals surface area contributed by atoms with E-state index in [9.17, 15) is 19.5 Å². The minimum absolute atomic E-state index is 0.0569. The number of aromatic nitrogens is 5. The number of aliphatic hydroxyl groups is 1. The molecule has 24 heavy (non-hydrogen) atoms. The van der Waals surface area contributed by atoms with Gasteiger partial charge in [-0.1, -0.05) is 0 Å². The van der Waals surface area contributed by atoms with Crippen LogP contribution in [0, 0.1) is 0 Å². The highest BCUT2D eigenvalue weighted by atomic mass is 16.6. The Bertz CT molecular complexity index is 813. The first-order chi connectivity index (χ1) is 11.5. The second kappa shape index (κ2) is 6.76. The lowest BCUT2D eigenvalue weighted by atomic mass is 10.2. The van der Waals surface area contributed by atoms with Gasteiger partial charge in [-0.05, 0) is 0 Å². The largest absolute Gasteiger partial charge is 0.461 e. The van der Waals surface area contributed by atoms with Crippen LogP contribution in [0.25, 0.3) is 0 Å². The van der Waals surface area contributed by atoms with Gasteiger partial charge in [0, 0.05) is 18.7 Å². The lowest BCUT2D eigenvalue weighted by Crippen LogP contribution is -2.32. The number of aliphatic hydroxyl groups excluding tert-OH is 1. The van der Waals surface area contributed by atoms with E-state index < -0.39 is 35.7 Å². The zero-order valence-corrected chi connectivity index (χ0v) is 12.4. The Kier molecular flexibility index (Phi) is 4.53. The molecule has 0 amide bonds. The summed E-state index contributed by atoms with van der Waals surface area (Å²) in [6, 6.07) is 1.18. The molecule has 0 unspecified atom stereocenters. The van der Waals surface area contributed by atoms with Crippen molar-refractivity contribution in [3.05, 3.63) is 45.8 Å². The van der Waals surface area contributed by atoms with Gasteiger partial charge in [-0.2, -0.15) is 0 Å². The first kappa shape index (κ1) is 16.1. The topological polar surface area (TPSA) is 141 Å². The van der Waals surface area contributed by atoms with Gasteiger partial charge in [0.05, 0.1) is 6.10 Å². The first-order valence-corrected chi connectivity index (χ1v) is 7.16. The number of aromatic amines is 1. The number of nitrogens with zero attached hydrogens (tertiary/aromatic N) is 4. The molecule has 3 rings (SSSR count). The minimum atomic E-state index is -0.906. The van der Waals surface area contributed by atoms with E-state index in [2.05, 4.69) is 15.2 Å². The summed E-state index contributed by atoms with van der Waals surface area (Å²) in [4.78, 5) is 36.6. The highest BCUT2D eigenvalue weighted by Crippen LogP contribution is 2.27. The highest BCUT2D eigenvalue weighted by molar-refractivity contribution is 5.69. The minimum Gasteiger partial charge on any atom is -0.461 e. The molecule has 11 nitrogen and oxygen atoms in total. The Morgan fingerprint density at radius 1 is 1.42 bits per heavy atom. The van der Waals surface area contributed by atoms with Gasteiger partial charge in [-0.25, -0.2) is 4.79 Å². The van der Waals surface area contributed by atoms with Crippen LogP contribution >= 0.6 is 0 Å². The van der Waals surface area contributed by atoms with Gasteiger partial charge in [0.1, 0.15) is 38.1 Å². The number of hydrogen-bond acceptors (Lipinski definition) is 8. The van der Waals surface area contributed by atoms with Crippen molar-refractivity contribution in [3.8, 4) is 0 Å². The summed E-state index contributed by atoms with van der Waals surface area (Å²) < 4.78 is 13.2. The standard InChI is InChI=1S/C13H15N5O6/c19-8-3-11(18-2-1-10(20)16-13(18)22)24-9(8)5-23-12(21)4-17-6-14-15-7-17/h1-2,6-9,11,19H,3-5H2,(H,16,20,22)/t8-,9+,11+/m0/s1. The van der Waals surface area contributed by atoms with Crippen molar-refractivity contribution in [2.24, 2.45) is 0 Å². The fraction of sp³-hybridized carbons (Fsp3) is 0.462. The van der Waals surface area contributed by atoms with Crippen LogP contribution in [0.3, 0.4) is 0 Å². The van der Waals surface area contributed by atoms with Crippen LogP contribution in [0.5, 0.6) is 0 Å². The van der Waals surface area contributed by atoms with Crippen LogP contribution < -0.4 is 11.2 Å². The lowest BCUT2D eigenvalue weighted by molar-refractivity contribution is -0.150. The molecule has 0 aromatic carbocycles. The number of carbonyl (C=O) groups excluding carboxylic acids is 1. The fourth-order valence-corrected chi connectivity index (χ4v) is 2.36. The Morgan fingerprint density at radius 3 is 2.88 bits per heavy atom. The molecule has 3 atom stereocenters. The van der Waals surface area contributed by atoms with Crippen LogP contribution in [0.2, 0.25) is 0 Å². The molecule has 0 saturated carbocycles. The van der Waals surface area contributed by atoms with E-state index in [4.69, 9.17) is 9.47 Å². The van der Waals surface area contributed by atoms with Crippen molar-refractivity contribution in [3.63, 3.8) is 0 Å². The van der Waals surface area contributed by atoms with E-state index >= 15 is 0 Å². The summed E-state index contributed by atoms with van der Waals surface area (Å²) in [6.07, 6.45) is 1.77. The molecule has 2 N–H and O–H groups in total. The molecule has 1 aliphatic rings. The van der Waals surface area contributed by atoms with Gasteiger partial charge < -0.3 is 19.1 Å². The first-order valence-electron chi connectivity index (χ1n) is 7.16. The molecule has 3 heterocycles. The van der Waals surface area contributed by atoms with Crippen LogP contribution in [0.4, 0.5) is 0 Å². The summed E-state index contributed by atoms with van der Waals surface area (Å²) >= 11 is 0. The maximum absolute atomic E-state index is 11.7. The molecule has 1 fully saturated rings. The predicted molar refractivity (Wildman–Crippen MR) is 76.8 cm³/mol. The van der Waals surface area contributed by atoms with E-state index in [0.29, 0.717) is 0 Å². The number of H-pyrrole nitrogens is 1. The predicted octanol–water partition coefficient (Wildman–Crippen LogP) is -1.98. The highest BCUT2D eigenvalue weighted by Gasteiger charge is 2.36. The van der Waals surface area contributed by atoms with E-state index in [1.165, 1.54) is 34.1 Å². The quantitative estimate of drug-likeness (QED) is 0.598. The number of nitrogens with one attached hydrogen (secondary N) is 1. The van der Waals surface area contributed by atoms with Crippen molar-refractivity contribution < 1.29 is 19.4 Å². The van der Waals surface area contributed by atoms with Crippen molar-refractivity contribution in [2.75, 3.05) is 6.61 Å². The third-order valence-electron chi connectivity index (χ3n) is 3.55. The van der Waals surface area contributed by atoms with Crippen LogP contribution in [-0.2, 0) is 20.8 Å². The molecule has 0 radical (unpaired) electrons. The van der Waals surface area contributed by atoms with Gasteiger partial charge in [-0.3, -0.25) is 19.1 Å². The maximum Gasteiger partial charge on any atom is 0.330 e. The van der Waals surface area contributed by atoms with Gasteiger partial charge in [-0.15, -0.1) is 10.2 Å². The van der Waals surface area contributed by atoms with E-state index in [-0.39, 0.29) is 19.6 Å². The maximum atomic E-state index is 11.7. The number of hydrogen-bond donors (Lipinski definition) is 2. The van der Waals surface area contributed by atoms with Gasteiger partial charge >= 0.3 is 11.7 Å². The Balaban J connectivity index is 1.57. The van der Waals surface area contributed by atoms with Crippen LogP contribution in [0.1, 0.15) is 12.6 Å². The molecule has 0 aliphatic carbocycles. The zero-order valence-electron chi connectivity index (χ0n) is 12.4. The normalized spacial score (nSPS) is 23.3. The zero-order chi connectivity index (χ0) is 17.1. The van der Waals surface area contributed by atoms with Gasteiger partial charge in [0.2, 0.25) is 0 Å². The van der Waals surface area contributed by atoms with Crippen LogP contribution in [0.15, 0.2) is 34.5 Å². The molecule has 1 aliphatic heterocycles. The Labute approximate surface area is 134 Å². The van der Waals surface area contributed by atoms with E-state index in [1.807, 2.05) is 0 Å². The fourth-order valence-electron chi connectivity index (χ4n) is 2.36. The summed E-state index contributed by atoms with van der Waals surface area (Å²) in [5.74, 6) is -0.532. The third kappa shape index (κ3) is 3.58. The molecule has 2 aromatic rings. The monoisotopic (exact) mass is 337 g/mol. The van der Waals surface area contributed by atoms with Crippen molar-refractivity contribution in [1.82, 2.24) is 24.3 Å². The second-order valence-corrected chi connectivity index (χ2v) is 5.27. The SMILES string of the molecule is O=C(Cn1cnnc1)OC[C@H]1O[C@@H](n2ccc(=O)[nH]c2=O)C[C@@H]1O. The number of carbonyl (C=O) groups is 1. The van der Waals surface area contributed by atoms with Crippen LogP contribution in [-0.4, -0.2) is 54.2 Å². The molecular formula is C13H15N5O6. The van der Waals surface area contributed by atoms with E-state index in [0.717, 1.165) is 0 Å². The third-order valence-corrected chi connectivity index (χ3v) is 3.55. The number of esters is 1. The lowest BCUT2D eigenvalue weighted by Gasteiger charge is -2.16. The number of rotatable bonds is 5.